The van der Waals surface area contributed by atoms with Crippen LogP contribution >= 0.6 is 0 Å². The molecule has 1 aliphatic heterocycles. The fourth-order valence-electron chi connectivity index (χ4n) is 1.48. The van der Waals surface area contributed by atoms with E-state index in [2.05, 4.69) is 31.6 Å². The predicted molar refractivity (Wildman–Crippen MR) is 48.2 cm³/mol. The van der Waals surface area contributed by atoms with E-state index in [-0.39, 0.29) is 0 Å². The van der Waals surface area contributed by atoms with Gasteiger partial charge in [0, 0.05) is 25.6 Å². The van der Waals surface area contributed by atoms with E-state index in [1.54, 1.807) is 0 Å². The molecule has 0 unspecified atom stereocenters. The molecule has 0 saturated carbocycles. The summed E-state index contributed by atoms with van der Waals surface area (Å²) < 4.78 is 0. The molecule has 1 heteroatoms. The minimum Gasteiger partial charge on any atom is -0.300 e. The first-order valence-electron chi connectivity index (χ1n) is 4.20. The van der Waals surface area contributed by atoms with Crippen LogP contribution in [0.5, 0.6) is 0 Å². The topological polar surface area (TPSA) is 3.24 Å². The Morgan fingerprint density at radius 1 is 1.45 bits per heavy atom. The molecule has 0 aromatic carbocycles. The predicted octanol–water partition coefficient (Wildman–Crippen LogP) is 1.60. The molecule has 1 rings (SSSR count). The molecule has 0 atom stereocenters. The van der Waals surface area contributed by atoms with E-state index >= 15 is 0 Å². The number of terminal acetylenes is 1. The summed E-state index contributed by atoms with van der Waals surface area (Å²) >= 11 is 0. The van der Waals surface area contributed by atoms with Crippen molar-refractivity contribution in [3.8, 4) is 12.3 Å². The second kappa shape index (κ2) is 2.87. The highest BCUT2D eigenvalue weighted by molar-refractivity contribution is 5.01. The van der Waals surface area contributed by atoms with Crippen molar-refractivity contribution in [2.45, 2.75) is 20.8 Å². The van der Waals surface area contributed by atoms with Gasteiger partial charge in [-0.05, 0) is 5.41 Å². The third-order valence-corrected chi connectivity index (χ3v) is 1.89. The Hall–Kier alpha value is -0.480. The van der Waals surface area contributed by atoms with Crippen molar-refractivity contribution in [1.82, 2.24) is 4.90 Å². The second-order valence-electron chi connectivity index (χ2n) is 4.62. The average molecular weight is 151 g/mol. The largest absolute Gasteiger partial charge is 0.300 e. The molecule has 0 aromatic heterocycles. The van der Waals surface area contributed by atoms with Crippen molar-refractivity contribution in [2.24, 2.45) is 11.3 Å². The van der Waals surface area contributed by atoms with Crippen molar-refractivity contribution in [1.29, 1.82) is 0 Å². The Balaban J connectivity index is 2.20. The molecule has 1 heterocycles. The summed E-state index contributed by atoms with van der Waals surface area (Å²) in [6.45, 7) is 10.2. The van der Waals surface area contributed by atoms with E-state index < -0.39 is 0 Å². The molecule has 11 heavy (non-hydrogen) atoms. The van der Waals surface area contributed by atoms with Gasteiger partial charge in [-0.2, -0.15) is 0 Å². The minimum absolute atomic E-state index is 0.416. The third kappa shape index (κ3) is 2.55. The Morgan fingerprint density at radius 2 is 2.00 bits per heavy atom. The molecular formula is C10H17N. The van der Waals surface area contributed by atoms with E-state index in [9.17, 15) is 0 Å². The normalized spacial score (nSPS) is 20.9. The highest BCUT2D eigenvalue weighted by atomic mass is 15.2. The Bertz CT molecular complexity index is 164. The maximum absolute atomic E-state index is 5.28. The number of hydrogen-bond donors (Lipinski definition) is 0. The van der Waals surface area contributed by atoms with Gasteiger partial charge in [0.05, 0.1) is 0 Å². The van der Waals surface area contributed by atoms with Gasteiger partial charge >= 0.3 is 0 Å². The fraction of sp³-hybridized carbons (Fsp3) is 0.800. The van der Waals surface area contributed by atoms with Crippen LogP contribution in [0.15, 0.2) is 0 Å². The number of nitrogens with zero attached hydrogens (tertiary/aromatic N) is 1. The van der Waals surface area contributed by atoms with Gasteiger partial charge in [-0.1, -0.05) is 20.8 Å². The highest BCUT2D eigenvalue weighted by Crippen LogP contribution is 2.21. The molecule has 1 saturated heterocycles. The minimum atomic E-state index is 0.416. The first kappa shape index (κ1) is 8.62. The van der Waals surface area contributed by atoms with E-state index in [1.165, 1.54) is 6.54 Å². The summed E-state index contributed by atoms with van der Waals surface area (Å²) in [5.74, 6) is 3.30. The molecular weight excluding hydrogens is 134 g/mol. The zero-order valence-corrected chi connectivity index (χ0v) is 7.72. The summed E-state index contributed by atoms with van der Waals surface area (Å²) in [6, 6.07) is 0. The lowest BCUT2D eigenvalue weighted by Gasteiger charge is -2.40. The Kier molecular flexibility index (Phi) is 2.25. The van der Waals surface area contributed by atoms with Gasteiger partial charge in [0.2, 0.25) is 0 Å². The van der Waals surface area contributed by atoms with Crippen molar-refractivity contribution in [2.75, 3.05) is 19.6 Å². The van der Waals surface area contributed by atoms with Gasteiger partial charge in [-0.3, -0.25) is 0 Å². The Labute approximate surface area is 69.8 Å². The van der Waals surface area contributed by atoms with Gasteiger partial charge in [0.25, 0.3) is 0 Å². The lowest BCUT2D eigenvalue weighted by molar-refractivity contribution is 0.0918. The summed E-state index contributed by atoms with van der Waals surface area (Å²) in [7, 11) is 0. The molecule has 0 radical (unpaired) electrons. The van der Waals surface area contributed by atoms with Crippen molar-refractivity contribution in [3.63, 3.8) is 0 Å². The summed E-state index contributed by atoms with van der Waals surface area (Å²) in [5.41, 5.74) is 0.416. The van der Waals surface area contributed by atoms with Crippen LogP contribution in [-0.4, -0.2) is 24.5 Å². The van der Waals surface area contributed by atoms with Gasteiger partial charge in [-0.15, -0.1) is 12.3 Å². The number of likely N-dealkylation sites (tertiary alicyclic amines) is 1. The van der Waals surface area contributed by atoms with Crippen LogP contribution in [0.25, 0.3) is 0 Å². The molecule has 0 N–H and O–H groups in total. The molecule has 62 valence electrons. The van der Waals surface area contributed by atoms with Crippen LogP contribution in [0.2, 0.25) is 0 Å². The van der Waals surface area contributed by atoms with Crippen LogP contribution in [0.1, 0.15) is 20.8 Å². The zero-order chi connectivity index (χ0) is 8.48. The number of rotatable bonds is 1. The molecule has 1 aliphatic rings. The summed E-state index contributed by atoms with van der Waals surface area (Å²) in [6.07, 6.45) is 5.28. The summed E-state index contributed by atoms with van der Waals surface area (Å²) in [5, 5.41) is 0. The lowest BCUT2D eigenvalue weighted by atomic mass is 9.92. The molecule has 1 fully saturated rings. The smallest absolute Gasteiger partial charge is 0.0454 e. The van der Waals surface area contributed by atoms with Gasteiger partial charge in [0.1, 0.15) is 0 Å². The van der Waals surface area contributed by atoms with Gasteiger partial charge in [-0.25, -0.2) is 0 Å². The first-order chi connectivity index (χ1) is 5.01. The average Bonchev–Trinajstić information content (AvgIpc) is 1.75. The van der Waals surface area contributed by atoms with E-state index in [1.807, 2.05) is 0 Å². The Morgan fingerprint density at radius 3 is 2.36 bits per heavy atom. The highest BCUT2D eigenvalue weighted by Gasteiger charge is 2.27. The van der Waals surface area contributed by atoms with Crippen LogP contribution in [0.4, 0.5) is 0 Å². The zero-order valence-electron chi connectivity index (χ0n) is 7.72. The quantitative estimate of drug-likeness (QED) is 0.514. The van der Waals surface area contributed by atoms with Crippen LogP contribution in [0, 0.1) is 23.7 Å². The van der Waals surface area contributed by atoms with Crippen molar-refractivity contribution < 1.29 is 0 Å². The maximum Gasteiger partial charge on any atom is 0.0454 e. The maximum atomic E-state index is 5.28. The standard InChI is InChI=1S/C10H17N/c1-5-9-6-11(7-9)8-10(2,3)4/h1,9H,6-8H2,2-4H3. The molecule has 0 aromatic rings. The number of hydrogen-bond acceptors (Lipinski definition) is 1. The van der Waals surface area contributed by atoms with E-state index in [4.69, 9.17) is 6.42 Å². The fourth-order valence-corrected chi connectivity index (χ4v) is 1.48. The van der Waals surface area contributed by atoms with Crippen LogP contribution in [-0.2, 0) is 0 Å². The first-order valence-corrected chi connectivity index (χ1v) is 4.20. The van der Waals surface area contributed by atoms with Crippen LogP contribution < -0.4 is 0 Å². The SMILES string of the molecule is C#CC1CN(CC(C)(C)C)C1. The molecule has 0 spiro atoms. The van der Waals surface area contributed by atoms with Crippen molar-refractivity contribution in [3.05, 3.63) is 0 Å². The van der Waals surface area contributed by atoms with E-state index in [0.29, 0.717) is 11.3 Å². The molecule has 0 bridgehead atoms. The third-order valence-electron chi connectivity index (χ3n) is 1.89. The van der Waals surface area contributed by atoms with Crippen LogP contribution in [0.3, 0.4) is 0 Å². The van der Waals surface area contributed by atoms with Gasteiger partial charge in [0.15, 0.2) is 0 Å². The van der Waals surface area contributed by atoms with Gasteiger partial charge < -0.3 is 4.90 Å². The lowest BCUT2D eigenvalue weighted by Crippen LogP contribution is -2.49. The monoisotopic (exact) mass is 151 g/mol. The molecule has 0 aliphatic carbocycles. The van der Waals surface area contributed by atoms with E-state index in [0.717, 1.165) is 13.1 Å². The van der Waals surface area contributed by atoms with Crippen molar-refractivity contribution >= 4 is 0 Å². The molecule has 1 nitrogen and oxygen atoms in total. The summed E-state index contributed by atoms with van der Waals surface area (Å²) in [4.78, 5) is 2.42. The second-order valence-corrected chi connectivity index (χ2v) is 4.62. The molecule has 0 amide bonds.